The van der Waals surface area contributed by atoms with E-state index in [1.54, 1.807) is 0 Å². The molecule has 2 fully saturated rings. The monoisotopic (exact) mass is 404 g/mol. The van der Waals surface area contributed by atoms with Crippen LogP contribution in [0.4, 0.5) is 0 Å². The zero-order valence-electron chi connectivity index (χ0n) is 16.1. The van der Waals surface area contributed by atoms with Crippen molar-refractivity contribution in [2.45, 2.75) is 70.0 Å². The van der Waals surface area contributed by atoms with Crippen LogP contribution in [0.2, 0.25) is 0 Å². The Morgan fingerprint density at radius 1 is 1.11 bits per heavy atom. The molecular weight excluding hydrogens is 376 g/mol. The Hall–Kier alpha value is -1.98. The Bertz CT molecular complexity index is 557. The summed E-state index contributed by atoms with van der Waals surface area (Å²) < 4.78 is 22.1. The lowest BCUT2D eigenvalue weighted by atomic mass is 10.1. The molecule has 28 heavy (non-hydrogen) atoms. The minimum absolute atomic E-state index is 0.0106. The number of hydrogen-bond acceptors (Lipinski definition) is 10. The van der Waals surface area contributed by atoms with Crippen LogP contribution in [-0.4, -0.2) is 67.3 Å². The van der Waals surface area contributed by atoms with Crippen LogP contribution < -0.4 is 5.73 Å². The van der Waals surface area contributed by atoms with Gasteiger partial charge in [-0.05, 0) is 18.8 Å². The average Bonchev–Trinajstić information content (AvgIpc) is 3.20. The van der Waals surface area contributed by atoms with Crippen LogP contribution in [-0.2, 0) is 33.4 Å². The summed E-state index contributed by atoms with van der Waals surface area (Å²) in [5.74, 6) is -0.945. The third-order valence-electron chi connectivity index (χ3n) is 4.73. The molecule has 11 nitrogen and oxygen atoms in total. The van der Waals surface area contributed by atoms with Crippen molar-refractivity contribution in [1.29, 1.82) is 0 Å². The van der Waals surface area contributed by atoms with Crippen molar-refractivity contribution < 1.29 is 38.5 Å². The number of fused-ring (bicyclic) bond motifs is 1. The van der Waals surface area contributed by atoms with E-state index in [9.17, 15) is 19.7 Å². The van der Waals surface area contributed by atoms with Crippen LogP contribution >= 0.6 is 0 Å². The Morgan fingerprint density at radius 2 is 1.71 bits per heavy atom. The van der Waals surface area contributed by atoms with Gasteiger partial charge < -0.3 is 29.5 Å². The van der Waals surface area contributed by atoms with E-state index >= 15 is 0 Å². The van der Waals surface area contributed by atoms with Gasteiger partial charge in [-0.25, -0.2) is 0 Å². The van der Waals surface area contributed by atoms with E-state index in [0.717, 1.165) is 0 Å². The molecule has 0 radical (unpaired) electrons. The molecule has 160 valence electrons. The normalized spacial score (nSPS) is 27.3. The molecule has 0 aliphatic carbocycles. The molecule has 5 atom stereocenters. The minimum atomic E-state index is -0.840. The fraction of sp³-hybridized carbons (Fsp3) is 0.882. The Morgan fingerprint density at radius 3 is 2.29 bits per heavy atom. The summed E-state index contributed by atoms with van der Waals surface area (Å²) in [6.07, 6.45) is -0.277. The molecular formula is C17H28N2O9. The van der Waals surface area contributed by atoms with Gasteiger partial charge in [-0.2, -0.15) is 0 Å². The molecule has 2 rings (SSSR count). The van der Waals surface area contributed by atoms with Crippen molar-refractivity contribution in [2.24, 2.45) is 11.7 Å². The number of carbonyl (C=O) groups excluding carboxylic acids is 2. The first-order valence-corrected chi connectivity index (χ1v) is 9.45. The second kappa shape index (κ2) is 10.5. The maximum atomic E-state index is 12.0. The summed E-state index contributed by atoms with van der Waals surface area (Å²) in [6, 6.07) is -0.718. The van der Waals surface area contributed by atoms with Gasteiger partial charge >= 0.3 is 11.9 Å². The van der Waals surface area contributed by atoms with Crippen molar-refractivity contribution in [1.82, 2.24) is 0 Å². The number of esters is 2. The molecule has 0 amide bonds. The lowest BCUT2D eigenvalue weighted by Gasteiger charge is -2.20. The molecule has 0 aromatic carbocycles. The number of carbonyl (C=O) groups is 2. The largest absolute Gasteiger partial charge is 0.457 e. The predicted molar refractivity (Wildman–Crippen MR) is 93.5 cm³/mol. The van der Waals surface area contributed by atoms with Crippen LogP contribution in [0, 0.1) is 16.0 Å². The summed E-state index contributed by atoms with van der Waals surface area (Å²) >= 11 is 0. The van der Waals surface area contributed by atoms with Gasteiger partial charge in [0.05, 0.1) is 19.8 Å². The smallest absolute Gasteiger partial charge is 0.323 e. The fourth-order valence-corrected chi connectivity index (χ4v) is 3.05. The van der Waals surface area contributed by atoms with Crippen LogP contribution in [0.3, 0.4) is 0 Å². The first-order valence-electron chi connectivity index (χ1n) is 9.45. The van der Waals surface area contributed by atoms with E-state index in [-0.39, 0.29) is 32.2 Å². The van der Waals surface area contributed by atoms with Crippen LogP contribution in [0.15, 0.2) is 0 Å². The fourth-order valence-electron chi connectivity index (χ4n) is 3.05. The Balaban J connectivity index is 1.68. The van der Waals surface area contributed by atoms with Crippen molar-refractivity contribution in [3.8, 4) is 0 Å². The second-order valence-electron chi connectivity index (χ2n) is 7.24. The van der Waals surface area contributed by atoms with E-state index in [2.05, 4.69) is 4.84 Å². The number of rotatable bonds is 11. The van der Waals surface area contributed by atoms with Gasteiger partial charge in [0.15, 0.2) is 12.2 Å². The highest BCUT2D eigenvalue weighted by atomic mass is 16.9. The quantitative estimate of drug-likeness (QED) is 0.221. The summed E-state index contributed by atoms with van der Waals surface area (Å²) in [7, 11) is 0. The SMILES string of the molecule is CC(C)C(N)C(=O)OC1CO[C@@H]2C(OC(=O)CCCCCO[N+](=O)[O-])CO[C@H]12. The predicted octanol–water partition coefficient (Wildman–Crippen LogP) is 0.360. The van der Waals surface area contributed by atoms with E-state index in [0.29, 0.717) is 19.3 Å². The molecule has 11 heteroatoms. The van der Waals surface area contributed by atoms with Gasteiger partial charge in [-0.1, -0.05) is 20.3 Å². The first-order chi connectivity index (χ1) is 13.3. The van der Waals surface area contributed by atoms with Crippen molar-refractivity contribution in [3.05, 3.63) is 10.1 Å². The van der Waals surface area contributed by atoms with Crippen molar-refractivity contribution in [2.75, 3.05) is 19.8 Å². The van der Waals surface area contributed by atoms with E-state index < -0.39 is 47.5 Å². The average molecular weight is 404 g/mol. The van der Waals surface area contributed by atoms with Crippen LogP contribution in [0.25, 0.3) is 0 Å². The molecule has 2 aliphatic heterocycles. The van der Waals surface area contributed by atoms with Gasteiger partial charge in [-0.3, -0.25) is 9.59 Å². The summed E-state index contributed by atoms with van der Waals surface area (Å²) in [5, 5.41) is 9.18. The molecule has 0 saturated carbocycles. The number of ether oxygens (including phenoxy) is 4. The lowest BCUT2D eigenvalue weighted by Crippen LogP contribution is -2.42. The number of unbranched alkanes of at least 4 members (excludes halogenated alkanes) is 2. The summed E-state index contributed by atoms with van der Waals surface area (Å²) in [5.41, 5.74) is 5.79. The molecule has 0 aromatic rings. The maximum Gasteiger partial charge on any atom is 0.323 e. The van der Waals surface area contributed by atoms with Gasteiger partial charge in [0.1, 0.15) is 18.2 Å². The molecule has 0 aromatic heterocycles. The summed E-state index contributed by atoms with van der Waals surface area (Å²) in [6.45, 7) is 4.00. The van der Waals surface area contributed by atoms with Gasteiger partial charge in [0.25, 0.3) is 5.09 Å². The maximum absolute atomic E-state index is 12.0. The third kappa shape index (κ3) is 6.28. The van der Waals surface area contributed by atoms with Gasteiger partial charge in [0, 0.05) is 6.42 Å². The third-order valence-corrected chi connectivity index (χ3v) is 4.73. The van der Waals surface area contributed by atoms with E-state index in [4.69, 9.17) is 24.7 Å². The molecule has 2 N–H and O–H groups in total. The zero-order valence-corrected chi connectivity index (χ0v) is 16.1. The van der Waals surface area contributed by atoms with E-state index in [1.165, 1.54) is 0 Å². The molecule has 0 spiro atoms. The van der Waals surface area contributed by atoms with Gasteiger partial charge in [-0.15, -0.1) is 10.1 Å². The summed E-state index contributed by atoms with van der Waals surface area (Å²) in [4.78, 5) is 38.2. The Labute approximate surface area is 162 Å². The minimum Gasteiger partial charge on any atom is -0.457 e. The Kier molecular flexibility index (Phi) is 8.39. The van der Waals surface area contributed by atoms with E-state index in [1.807, 2.05) is 13.8 Å². The second-order valence-corrected chi connectivity index (χ2v) is 7.24. The van der Waals surface area contributed by atoms with Crippen LogP contribution in [0.1, 0.15) is 39.5 Å². The lowest BCUT2D eigenvalue weighted by molar-refractivity contribution is -0.757. The van der Waals surface area contributed by atoms with Crippen molar-refractivity contribution >= 4 is 11.9 Å². The highest BCUT2D eigenvalue weighted by Gasteiger charge is 2.51. The highest BCUT2D eigenvalue weighted by molar-refractivity contribution is 5.76. The molecule has 3 unspecified atom stereocenters. The molecule has 2 aliphatic rings. The van der Waals surface area contributed by atoms with Crippen molar-refractivity contribution in [3.63, 3.8) is 0 Å². The zero-order chi connectivity index (χ0) is 20.7. The molecule has 2 heterocycles. The molecule has 2 saturated heterocycles. The molecule has 0 bridgehead atoms. The van der Waals surface area contributed by atoms with Gasteiger partial charge in [0.2, 0.25) is 0 Å². The number of hydrogen-bond donors (Lipinski definition) is 1. The topological polar surface area (TPSA) is 149 Å². The van der Waals surface area contributed by atoms with Crippen LogP contribution in [0.5, 0.6) is 0 Å². The number of nitrogens with zero attached hydrogens (tertiary/aromatic N) is 1. The highest BCUT2D eigenvalue weighted by Crippen LogP contribution is 2.31. The first kappa shape index (κ1) is 22.3. The number of nitrogens with two attached hydrogens (primary N) is 1. The standard InChI is InChI=1S/C17H28N2O9/c1-10(2)14(18)17(21)28-12-9-25-15-11(8-24-16(12)15)27-13(20)6-4-3-5-7-26-19(22)23/h10-12,14-16H,3-9,18H2,1-2H3/t11?,12?,14?,15-,16-/m1/s1.